The number of hydrogen-bond acceptors (Lipinski definition) is 4. The molecular weight excluding hydrogens is 260 g/mol. The first-order valence-electron chi connectivity index (χ1n) is 6.18. The Labute approximate surface area is 117 Å². The molecule has 0 amide bonds. The summed E-state index contributed by atoms with van der Waals surface area (Å²) in [4.78, 5) is 2.20. The third-order valence-electron chi connectivity index (χ3n) is 3.04. The van der Waals surface area contributed by atoms with Crippen LogP contribution in [0.4, 0.5) is 0 Å². The molecule has 0 saturated carbocycles. The monoisotopic (exact) mass is 278 g/mol. The van der Waals surface area contributed by atoms with E-state index in [0.717, 1.165) is 16.9 Å². The maximum absolute atomic E-state index is 10.5. The van der Waals surface area contributed by atoms with E-state index >= 15 is 0 Å². The molecule has 1 heterocycles. The van der Waals surface area contributed by atoms with Crippen molar-refractivity contribution in [3.63, 3.8) is 0 Å². The first kappa shape index (κ1) is 13.9. The van der Waals surface area contributed by atoms with Crippen LogP contribution in [0.25, 0.3) is 0 Å². The highest BCUT2D eigenvalue weighted by Gasteiger charge is 2.17. The van der Waals surface area contributed by atoms with Crippen molar-refractivity contribution in [3.8, 4) is 11.5 Å². The second kappa shape index (κ2) is 6.08. The summed E-state index contributed by atoms with van der Waals surface area (Å²) in [7, 11) is 3.20. The molecule has 1 aromatic carbocycles. The summed E-state index contributed by atoms with van der Waals surface area (Å²) in [6.07, 6.45) is 0.322. The maximum Gasteiger partial charge on any atom is 0.128 e. The maximum atomic E-state index is 10.5. The van der Waals surface area contributed by atoms with Gasteiger partial charge in [0.15, 0.2) is 0 Å². The van der Waals surface area contributed by atoms with Crippen LogP contribution < -0.4 is 9.47 Å². The lowest BCUT2D eigenvalue weighted by atomic mass is 10.1. The zero-order chi connectivity index (χ0) is 13.8. The third kappa shape index (κ3) is 2.91. The molecule has 0 saturated heterocycles. The second-order valence-corrected chi connectivity index (χ2v) is 5.37. The normalized spacial score (nSPS) is 12.2. The Morgan fingerprint density at radius 3 is 2.53 bits per heavy atom. The molecule has 0 bridgehead atoms. The molecule has 3 nitrogen and oxygen atoms in total. The van der Waals surface area contributed by atoms with E-state index in [2.05, 4.69) is 13.0 Å². The number of rotatable bonds is 5. The summed E-state index contributed by atoms with van der Waals surface area (Å²) < 4.78 is 10.5. The number of aliphatic hydroxyl groups is 1. The fourth-order valence-electron chi connectivity index (χ4n) is 1.93. The van der Waals surface area contributed by atoms with E-state index in [0.29, 0.717) is 11.5 Å². The summed E-state index contributed by atoms with van der Waals surface area (Å²) in [6.45, 7) is 2.11. The highest BCUT2D eigenvalue weighted by Crippen LogP contribution is 2.35. The van der Waals surface area contributed by atoms with Gasteiger partial charge in [-0.3, -0.25) is 0 Å². The third-order valence-corrected chi connectivity index (χ3v) is 4.32. The Morgan fingerprint density at radius 2 is 1.95 bits per heavy atom. The van der Waals surface area contributed by atoms with Crippen molar-refractivity contribution < 1.29 is 14.6 Å². The largest absolute Gasteiger partial charge is 0.497 e. The van der Waals surface area contributed by atoms with Crippen molar-refractivity contribution in [1.82, 2.24) is 0 Å². The highest BCUT2D eigenvalue weighted by molar-refractivity contribution is 7.12. The van der Waals surface area contributed by atoms with E-state index in [1.54, 1.807) is 31.6 Å². The van der Waals surface area contributed by atoms with Crippen LogP contribution in [0, 0.1) is 0 Å². The minimum atomic E-state index is -0.661. The molecule has 0 aliphatic carbocycles. The van der Waals surface area contributed by atoms with E-state index in [4.69, 9.17) is 9.47 Å². The minimum absolute atomic E-state index is 0.637. The molecule has 19 heavy (non-hydrogen) atoms. The summed E-state index contributed by atoms with van der Waals surface area (Å²) in [6, 6.07) is 9.48. The van der Waals surface area contributed by atoms with Gasteiger partial charge in [-0.1, -0.05) is 6.92 Å². The van der Waals surface area contributed by atoms with Crippen LogP contribution in [-0.4, -0.2) is 19.3 Å². The Morgan fingerprint density at radius 1 is 1.16 bits per heavy atom. The summed E-state index contributed by atoms with van der Waals surface area (Å²) in [5.41, 5.74) is 0.757. The fraction of sp³-hybridized carbons (Fsp3) is 0.333. The summed E-state index contributed by atoms with van der Waals surface area (Å²) in [5.74, 6) is 1.35. The van der Waals surface area contributed by atoms with Gasteiger partial charge in [-0.2, -0.15) is 0 Å². The fourth-order valence-corrected chi connectivity index (χ4v) is 2.89. The number of aliphatic hydroxyl groups excluding tert-OH is 1. The van der Waals surface area contributed by atoms with Gasteiger partial charge in [0.1, 0.15) is 17.6 Å². The van der Waals surface area contributed by atoms with Crippen LogP contribution in [0.15, 0.2) is 30.3 Å². The zero-order valence-corrected chi connectivity index (χ0v) is 12.2. The van der Waals surface area contributed by atoms with Gasteiger partial charge in [0, 0.05) is 21.4 Å². The number of ether oxygens (including phenoxy) is 2. The van der Waals surface area contributed by atoms with Gasteiger partial charge in [0.25, 0.3) is 0 Å². The van der Waals surface area contributed by atoms with Gasteiger partial charge < -0.3 is 14.6 Å². The SMILES string of the molecule is CCc1ccc(C(O)c2ccc(OC)cc2OC)s1. The Kier molecular flexibility index (Phi) is 4.45. The van der Waals surface area contributed by atoms with Crippen LogP contribution in [0.5, 0.6) is 11.5 Å². The average molecular weight is 278 g/mol. The van der Waals surface area contributed by atoms with Gasteiger partial charge in [-0.15, -0.1) is 11.3 Å². The molecule has 2 aromatic rings. The zero-order valence-electron chi connectivity index (χ0n) is 11.3. The predicted octanol–water partition coefficient (Wildman–Crippen LogP) is 3.41. The van der Waals surface area contributed by atoms with E-state index in [1.165, 1.54) is 4.88 Å². The molecule has 102 valence electrons. The lowest BCUT2D eigenvalue weighted by Gasteiger charge is -2.14. The van der Waals surface area contributed by atoms with Crippen molar-refractivity contribution in [2.75, 3.05) is 14.2 Å². The molecule has 0 spiro atoms. The van der Waals surface area contributed by atoms with E-state index in [9.17, 15) is 5.11 Å². The van der Waals surface area contributed by atoms with Crippen LogP contribution in [-0.2, 0) is 6.42 Å². The van der Waals surface area contributed by atoms with Crippen LogP contribution in [0.1, 0.15) is 28.3 Å². The molecule has 1 aromatic heterocycles. The molecule has 1 atom stereocenters. The van der Waals surface area contributed by atoms with Gasteiger partial charge in [-0.25, -0.2) is 0 Å². The summed E-state index contributed by atoms with van der Waals surface area (Å²) >= 11 is 1.63. The first-order valence-corrected chi connectivity index (χ1v) is 6.99. The molecular formula is C15H18O3S. The lowest BCUT2D eigenvalue weighted by molar-refractivity contribution is 0.218. The van der Waals surface area contributed by atoms with Crippen molar-refractivity contribution in [1.29, 1.82) is 0 Å². The lowest BCUT2D eigenvalue weighted by Crippen LogP contribution is -2.01. The van der Waals surface area contributed by atoms with Gasteiger partial charge in [-0.05, 0) is 30.7 Å². The summed E-state index contributed by atoms with van der Waals surface area (Å²) in [5, 5.41) is 10.5. The standard InChI is InChI=1S/C15H18O3S/c1-4-11-6-8-14(19-11)15(16)12-7-5-10(17-2)9-13(12)18-3/h5-9,15-16H,4H2,1-3H3. The molecule has 0 fully saturated rings. The highest BCUT2D eigenvalue weighted by atomic mass is 32.1. The molecule has 1 N–H and O–H groups in total. The molecule has 4 heteroatoms. The van der Waals surface area contributed by atoms with Gasteiger partial charge >= 0.3 is 0 Å². The number of methoxy groups -OCH3 is 2. The second-order valence-electron chi connectivity index (χ2n) is 4.17. The molecule has 0 aliphatic rings. The van der Waals surface area contributed by atoms with E-state index in [-0.39, 0.29) is 0 Å². The Bertz CT molecular complexity index is 548. The van der Waals surface area contributed by atoms with Crippen LogP contribution in [0.2, 0.25) is 0 Å². The van der Waals surface area contributed by atoms with Crippen molar-refractivity contribution in [3.05, 3.63) is 45.6 Å². The predicted molar refractivity (Wildman–Crippen MR) is 77.3 cm³/mol. The Hall–Kier alpha value is -1.52. The van der Waals surface area contributed by atoms with Gasteiger partial charge in [0.05, 0.1) is 14.2 Å². The molecule has 0 aliphatic heterocycles. The van der Waals surface area contributed by atoms with E-state index in [1.807, 2.05) is 18.2 Å². The van der Waals surface area contributed by atoms with Gasteiger partial charge in [0.2, 0.25) is 0 Å². The quantitative estimate of drug-likeness (QED) is 0.911. The smallest absolute Gasteiger partial charge is 0.128 e. The molecule has 0 radical (unpaired) electrons. The van der Waals surface area contributed by atoms with Crippen LogP contribution >= 0.6 is 11.3 Å². The Balaban J connectivity index is 2.34. The number of thiophene rings is 1. The molecule has 2 rings (SSSR count). The first-order chi connectivity index (χ1) is 9.19. The number of aryl methyl sites for hydroxylation is 1. The average Bonchev–Trinajstić information content (AvgIpc) is 2.94. The molecule has 1 unspecified atom stereocenters. The number of benzene rings is 1. The van der Waals surface area contributed by atoms with Crippen molar-refractivity contribution >= 4 is 11.3 Å². The van der Waals surface area contributed by atoms with E-state index < -0.39 is 6.10 Å². The number of hydrogen-bond donors (Lipinski definition) is 1. The topological polar surface area (TPSA) is 38.7 Å². The minimum Gasteiger partial charge on any atom is -0.497 e. The van der Waals surface area contributed by atoms with Crippen molar-refractivity contribution in [2.45, 2.75) is 19.4 Å². The van der Waals surface area contributed by atoms with Crippen molar-refractivity contribution in [2.24, 2.45) is 0 Å². The van der Waals surface area contributed by atoms with Crippen LogP contribution in [0.3, 0.4) is 0 Å².